The summed E-state index contributed by atoms with van der Waals surface area (Å²) in [6, 6.07) is 11.6. The van der Waals surface area contributed by atoms with Crippen LogP contribution in [0.25, 0.3) is 0 Å². The van der Waals surface area contributed by atoms with Crippen molar-refractivity contribution in [3.8, 4) is 11.5 Å². The van der Waals surface area contributed by atoms with Gasteiger partial charge in [0, 0.05) is 4.47 Å². The smallest absolute Gasteiger partial charge is 0.127 e. The molecule has 0 saturated carbocycles. The molecule has 0 saturated heterocycles. The summed E-state index contributed by atoms with van der Waals surface area (Å²) in [4.78, 5) is 0. The number of ether oxygens (including phenoxy) is 2. The second-order valence-electron chi connectivity index (χ2n) is 4.68. The highest BCUT2D eigenvalue weighted by molar-refractivity contribution is 9.10. The molecule has 0 aliphatic rings. The van der Waals surface area contributed by atoms with Crippen LogP contribution in [-0.4, -0.2) is 14.2 Å². The Morgan fingerprint density at radius 2 is 1.71 bits per heavy atom. The van der Waals surface area contributed by atoms with Crippen molar-refractivity contribution in [1.82, 2.24) is 5.43 Å². The molecule has 0 aromatic heterocycles. The van der Waals surface area contributed by atoms with Gasteiger partial charge in [-0.15, -0.1) is 0 Å². The van der Waals surface area contributed by atoms with Crippen LogP contribution >= 0.6 is 15.9 Å². The number of aryl methyl sites for hydroxylation is 1. The molecule has 0 bridgehead atoms. The van der Waals surface area contributed by atoms with E-state index in [2.05, 4.69) is 27.4 Å². The lowest BCUT2D eigenvalue weighted by Crippen LogP contribution is -2.29. The number of halogens is 1. The van der Waals surface area contributed by atoms with Crippen LogP contribution < -0.4 is 20.7 Å². The van der Waals surface area contributed by atoms with E-state index in [1.54, 1.807) is 14.2 Å². The van der Waals surface area contributed by atoms with E-state index in [-0.39, 0.29) is 6.04 Å². The molecule has 0 radical (unpaired) electrons. The van der Waals surface area contributed by atoms with E-state index < -0.39 is 0 Å². The topological polar surface area (TPSA) is 56.5 Å². The van der Waals surface area contributed by atoms with Crippen LogP contribution in [0.2, 0.25) is 0 Å². The summed E-state index contributed by atoms with van der Waals surface area (Å²) in [5.41, 5.74) is 5.92. The molecule has 112 valence electrons. The first-order valence-electron chi connectivity index (χ1n) is 6.55. The van der Waals surface area contributed by atoms with Gasteiger partial charge in [0.25, 0.3) is 0 Å². The van der Waals surface area contributed by atoms with E-state index in [1.807, 2.05) is 37.3 Å². The fraction of sp³-hybridized carbons (Fsp3) is 0.250. The molecule has 2 aromatic carbocycles. The first-order valence-corrected chi connectivity index (χ1v) is 7.34. The average Bonchev–Trinajstić information content (AvgIpc) is 2.51. The zero-order chi connectivity index (χ0) is 15.4. The van der Waals surface area contributed by atoms with Crippen molar-refractivity contribution < 1.29 is 9.47 Å². The maximum Gasteiger partial charge on any atom is 0.127 e. The van der Waals surface area contributed by atoms with Gasteiger partial charge in [-0.05, 0) is 36.2 Å². The molecular weight excluding hydrogens is 332 g/mol. The quantitative estimate of drug-likeness (QED) is 0.641. The van der Waals surface area contributed by atoms with Crippen molar-refractivity contribution in [2.75, 3.05) is 14.2 Å². The molecular formula is C16H19BrN2O2. The van der Waals surface area contributed by atoms with Crippen LogP contribution in [0.4, 0.5) is 0 Å². The summed E-state index contributed by atoms with van der Waals surface area (Å²) in [5.74, 6) is 7.27. The summed E-state index contributed by atoms with van der Waals surface area (Å²) in [6.45, 7) is 2.04. The van der Waals surface area contributed by atoms with Crippen LogP contribution in [0.15, 0.2) is 40.9 Å². The van der Waals surface area contributed by atoms with Crippen LogP contribution in [0.1, 0.15) is 22.7 Å². The van der Waals surface area contributed by atoms with E-state index in [0.717, 1.165) is 32.7 Å². The maximum absolute atomic E-state index is 5.80. The van der Waals surface area contributed by atoms with Gasteiger partial charge in [0.2, 0.25) is 0 Å². The highest BCUT2D eigenvalue weighted by atomic mass is 79.9. The Kier molecular flexibility index (Phi) is 5.22. The van der Waals surface area contributed by atoms with Gasteiger partial charge in [-0.25, -0.2) is 5.43 Å². The van der Waals surface area contributed by atoms with Crippen molar-refractivity contribution in [1.29, 1.82) is 0 Å². The fourth-order valence-corrected chi connectivity index (χ4v) is 2.60. The molecule has 4 nitrogen and oxygen atoms in total. The lowest BCUT2D eigenvalue weighted by Gasteiger charge is -2.22. The third-order valence-corrected chi connectivity index (χ3v) is 4.33. The summed E-state index contributed by atoms with van der Waals surface area (Å²) in [7, 11) is 3.28. The molecule has 0 aliphatic carbocycles. The minimum Gasteiger partial charge on any atom is -0.496 e. The van der Waals surface area contributed by atoms with E-state index >= 15 is 0 Å². The van der Waals surface area contributed by atoms with Gasteiger partial charge >= 0.3 is 0 Å². The van der Waals surface area contributed by atoms with Gasteiger partial charge in [-0.3, -0.25) is 5.84 Å². The Bertz CT molecular complexity index is 609. The third-order valence-electron chi connectivity index (χ3n) is 3.44. The van der Waals surface area contributed by atoms with Crippen LogP contribution in [0, 0.1) is 6.92 Å². The monoisotopic (exact) mass is 350 g/mol. The first-order chi connectivity index (χ1) is 10.1. The van der Waals surface area contributed by atoms with Gasteiger partial charge in [0.05, 0.1) is 25.8 Å². The average molecular weight is 351 g/mol. The SMILES string of the molecule is COc1cccc(OC)c1C(NN)c1ccc(Br)c(C)c1. The molecule has 21 heavy (non-hydrogen) atoms. The van der Waals surface area contributed by atoms with Crippen molar-refractivity contribution in [3.63, 3.8) is 0 Å². The largest absolute Gasteiger partial charge is 0.496 e. The number of hydrogen-bond donors (Lipinski definition) is 2. The zero-order valence-corrected chi connectivity index (χ0v) is 13.9. The number of benzene rings is 2. The third kappa shape index (κ3) is 3.20. The summed E-state index contributed by atoms with van der Waals surface area (Å²) in [5, 5.41) is 0. The molecule has 0 heterocycles. The van der Waals surface area contributed by atoms with Gasteiger partial charge in [-0.1, -0.05) is 34.1 Å². The van der Waals surface area contributed by atoms with E-state index in [9.17, 15) is 0 Å². The number of rotatable bonds is 5. The zero-order valence-electron chi connectivity index (χ0n) is 12.3. The molecule has 1 unspecified atom stereocenters. The Labute approximate surface area is 133 Å². The van der Waals surface area contributed by atoms with E-state index in [4.69, 9.17) is 15.3 Å². The van der Waals surface area contributed by atoms with Crippen molar-refractivity contribution in [2.45, 2.75) is 13.0 Å². The molecule has 3 N–H and O–H groups in total. The Morgan fingerprint density at radius 1 is 1.10 bits per heavy atom. The molecule has 0 spiro atoms. The predicted octanol–water partition coefficient (Wildman–Crippen LogP) is 3.33. The van der Waals surface area contributed by atoms with Crippen molar-refractivity contribution >= 4 is 15.9 Å². The van der Waals surface area contributed by atoms with E-state index in [0.29, 0.717) is 0 Å². The summed E-state index contributed by atoms with van der Waals surface area (Å²) in [6.07, 6.45) is 0. The van der Waals surface area contributed by atoms with Gasteiger partial charge in [0.15, 0.2) is 0 Å². The highest BCUT2D eigenvalue weighted by Gasteiger charge is 2.22. The molecule has 2 rings (SSSR count). The molecule has 1 atom stereocenters. The Balaban J connectivity index is 2.57. The van der Waals surface area contributed by atoms with E-state index in [1.165, 1.54) is 0 Å². The number of nitrogens with two attached hydrogens (primary N) is 1. The molecule has 5 heteroatoms. The van der Waals surface area contributed by atoms with Crippen molar-refractivity contribution in [2.24, 2.45) is 5.84 Å². The molecule has 0 fully saturated rings. The molecule has 0 aliphatic heterocycles. The molecule has 2 aromatic rings. The normalized spacial score (nSPS) is 12.0. The van der Waals surface area contributed by atoms with Gasteiger partial charge < -0.3 is 9.47 Å². The Morgan fingerprint density at radius 3 is 2.19 bits per heavy atom. The number of nitrogens with one attached hydrogen (secondary N) is 1. The summed E-state index contributed by atoms with van der Waals surface area (Å²) < 4.78 is 12.0. The maximum atomic E-state index is 5.80. The fourth-order valence-electron chi connectivity index (χ4n) is 2.36. The number of methoxy groups -OCH3 is 2. The second kappa shape index (κ2) is 6.93. The summed E-state index contributed by atoms with van der Waals surface area (Å²) >= 11 is 3.51. The highest BCUT2D eigenvalue weighted by Crippen LogP contribution is 2.37. The lowest BCUT2D eigenvalue weighted by atomic mass is 9.96. The number of hydrazine groups is 1. The van der Waals surface area contributed by atoms with Crippen molar-refractivity contribution in [3.05, 3.63) is 57.6 Å². The lowest BCUT2D eigenvalue weighted by molar-refractivity contribution is 0.377. The Hall–Kier alpha value is -1.56. The van der Waals surface area contributed by atoms with Crippen LogP contribution in [-0.2, 0) is 0 Å². The standard InChI is InChI=1S/C16H19BrN2O2/c1-10-9-11(7-8-12(10)17)16(19-18)15-13(20-2)5-4-6-14(15)21-3/h4-9,16,19H,18H2,1-3H3. The van der Waals surface area contributed by atoms with Crippen LogP contribution in [0.3, 0.4) is 0 Å². The molecule has 0 amide bonds. The van der Waals surface area contributed by atoms with Crippen LogP contribution in [0.5, 0.6) is 11.5 Å². The second-order valence-corrected chi connectivity index (χ2v) is 5.54. The number of hydrogen-bond acceptors (Lipinski definition) is 4. The first kappa shape index (κ1) is 15.8. The van der Waals surface area contributed by atoms with Gasteiger partial charge in [-0.2, -0.15) is 0 Å². The van der Waals surface area contributed by atoms with Gasteiger partial charge in [0.1, 0.15) is 11.5 Å². The minimum atomic E-state index is -0.220. The predicted molar refractivity (Wildman–Crippen MR) is 87.6 cm³/mol. The minimum absolute atomic E-state index is 0.220.